The molecular formula is C15H11BrFNO. The summed E-state index contributed by atoms with van der Waals surface area (Å²) in [7, 11) is 0. The lowest BCUT2D eigenvalue weighted by atomic mass is 10.2. The molecule has 0 saturated heterocycles. The zero-order valence-electron chi connectivity index (χ0n) is 9.94. The molecule has 0 aromatic heterocycles. The van der Waals surface area contributed by atoms with Gasteiger partial charge in [-0.1, -0.05) is 30.3 Å². The highest BCUT2D eigenvalue weighted by Crippen LogP contribution is 2.15. The number of carbonyl (C=O) groups is 1. The summed E-state index contributed by atoms with van der Waals surface area (Å²) in [5.41, 5.74) is 1.47. The Hall–Kier alpha value is -1.94. The summed E-state index contributed by atoms with van der Waals surface area (Å²) in [4.78, 5) is 11.9. The Morgan fingerprint density at radius 3 is 2.32 bits per heavy atom. The quantitative estimate of drug-likeness (QED) is 0.844. The van der Waals surface area contributed by atoms with E-state index in [1.807, 2.05) is 30.3 Å². The minimum absolute atomic E-state index is 0.282. The number of rotatable bonds is 3. The van der Waals surface area contributed by atoms with Gasteiger partial charge in [-0.15, -0.1) is 0 Å². The first kappa shape index (κ1) is 13.5. The molecule has 0 radical (unpaired) electrons. The topological polar surface area (TPSA) is 29.1 Å². The number of carbonyl (C=O) groups excluding carboxylic acids is 1. The molecule has 0 aliphatic carbocycles. The van der Waals surface area contributed by atoms with Crippen LogP contribution in [-0.2, 0) is 4.79 Å². The molecule has 2 rings (SSSR count). The second-order valence-corrected chi connectivity index (χ2v) is 4.72. The largest absolute Gasteiger partial charge is 0.322 e. The summed E-state index contributed by atoms with van der Waals surface area (Å²) in [6.45, 7) is 0. The van der Waals surface area contributed by atoms with Crippen LogP contribution in [0.2, 0.25) is 0 Å². The molecule has 2 aromatic rings. The van der Waals surface area contributed by atoms with Gasteiger partial charge in [0.05, 0.1) is 4.48 Å². The van der Waals surface area contributed by atoms with Gasteiger partial charge in [0.1, 0.15) is 5.82 Å². The Labute approximate surface area is 119 Å². The van der Waals surface area contributed by atoms with Crippen molar-refractivity contribution < 1.29 is 9.18 Å². The first-order chi connectivity index (χ1) is 9.15. The minimum Gasteiger partial charge on any atom is -0.322 e. The van der Waals surface area contributed by atoms with Crippen LogP contribution in [0.5, 0.6) is 0 Å². The van der Waals surface area contributed by atoms with Crippen molar-refractivity contribution in [3.8, 4) is 0 Å². The van der Waals surface area contributed by atoms with E-state index in [9.17, 15) is 9.18 Å². The third kappa shape index (κ3) is 4.03. The first-order valence-corrected chi connectivity index (χ1v) is 6.43. The Balaban J connectivity index is 2.07. The number of benzene rings is 2. The predicted molar refractivity (Wildman–Crippen MR) is 78.4 cm³/mol. The van der Waals surface area contributed by atoms with Crippen LogP contribution in [-0.4, -0.2) is 5.91 Å². The highest BCUT2D eigenvalue weighted by Gasteiger charge is 2.06. The Morgan fingerprint density at radius 1 is 1.05 bits per heavy atom. The highest BCUT2D eigenvalue weighted by molar-refractivity contribution is 9.12. The summed E-state index contributed by atoms with van der Waals surface area (Å²) in [6.07, 6.45) is 1.72. The maximum atomic E-state index is 12.7. The maximum Gasteiger partial charge on any atom is 0.262 e. The summed E-state index contributed by atoms with van der Waals surface area (Å²) >= 11 is 3.23. The van der Waals surface area contributed by atoms with E-state index in [1.54, 1.807) is 6.08 Å². The van der Waals surface area contributed by atoms with Crippen LogP contribution in [0.1, 0.15) is 5.56 Å². The number of amides is 1. The van der Waals surface area contributed by atoms with Gasteiger partial charge in [-0.05, 0) is 51.8 Å². The number of nitrogens with one attached hydrogen (secondary N) is 1. The Bertz CT molecular complexity index is 593. The van der Waals surface area contributed by atoms with Crippen LogP contribution in [0.4, 0.5) is 10.1 Å². The van der Waals surface area contributed by atoms with Gasteiger partial charge in [-0.2, -0.15) is 0 Å². The van der Waals surface area contributed by atoms with Crippen molar-refractivity contribution in [1.82, 2.24) is 0 Å². The van der Waals surface area contributed by atoms with Crippen LogP contribution in [0.15, 0.2) is 59.1 Å². The van der Waals surface area contributed by atoms with E-state index in [2.05, 4.69) is 21.2 Å². The van der Waals surface area contributed by atoms with E-state index in [4.69, 9.17) is 0 Å². The van der Waals surface area contributed by atoms with E-state index in [-0.39, 0.29) is 11.7 Å². The van der Waals surface area contributed by atoms with Gasteiger partial charge in [0.25, 0.3) is 5.91 Å². The predicted octanol–water partition coefficient (Wildman–Crippen LogP) is 4.20. The van der Waals surface area contributed by atoms with Crippen molar-refractivity contribution in [1.29, 1.82) is 0 Å². The molecule has 2 nitrogen and oxygen atoms in total. The van der Waals surface area contributed by atoms with Gasteiger partial charge in [0, 0.05) is 5.69 Å². The SMILES string of the molecule is O=C(Nc1ccc(F)cc1)/C(Br)=C/c1ccccc1. The van der Waals surface area contributed by atoms with Gasteiger partial charge in [0.15, 0.2) is 0 Å². The molecule has 0 spiro atoms. The molecule has 1 amide bonds. The van der Waals surface area contributed by atoms with E-state index >= 15 is 0 Å². The summed E-state index contributed by atoms with van der Waals surface area (Å²) in [5, 5.41) is 2.67. The molecule has 1 N–H and O–H groups in total. The monoisotopic (exact) mass is 319 g/mol. The summed E-state index contributed by atoms with van der Waals surface area (Å²) in [6, 6.07) is 15.1. The highest BCUT2D eigenvalue weighted by atomic mass is 79.9. The van der Waals surface area contributed by atoms with Crippen LogP contribution in [0, 0.1) is 5.82 Å². The van der Waals surface area contributed by atoms with Crippen LogP contribution in [0.3, 0.4) is 0 Å². The fraction of sp³-hybridized carbons (Fsp3) is 0. The van der Waals surface area contributed by atoms with E-state index in [1.165, 1.54) is 24.3 Å². The second-order valence-electron chi connectivity index (χ2n) is 3.86. The molecule has 96 valence electrons. The number of anilines is 1. The van der Waals surface area contributed by atoms with E-state index < -0.39 is 0 Å². The fourth-order valence-electron chi connectivity index (χ4n) is 1.49. The van der Waals surface area contributed by atoms with Crippen LogP contribution >= 0.6 is 15.9 Å². The van der Waals surface area contributed by atoms with Crippen LogP contribution in [0.25, 0.3) is 6.08 Å². The van der Waals surface area contributed by atoms with Gasteiger partial charge in [-0.3, -0.25) is 4.79 Å². The van der Waals surface area contributed by atoms with Gasteiger partial charge in [-0.25, -0.2) is 4.39 Å². The third-order valence-electron chi connectivity index (χ3n) is 2.41. The lowest BCUT2D eigenvalue weighted by Crippen LogP contribution is -2.11. The molecule has 0 bridgehead atoms. The van der Waals surface area contributed by atoms with Gasteiger partial charge < -0.3 is 5.32 Å². The average molecular weight is 320 g/mol. The number of hydrogen-bond acceptors (Lipinski definition) is 1. The first-order valence-electron chi connectivity index (χ1n) is 5.64. The lowest BCUT2D eigenvalue weighted by Gasteiger charge is -2.04. The van der Waals surface area contributed by atoms with Gasteiger partial charge in [0.2, 0.25) is 0 Å². The molecule has 19 heavy (non-hydrogen) atoms. The van der Waals surface area contributed by atoms with Gasteiger partial charge >= 0.3 is 0 Å². The molecule has 0 heterocycles. The Morgan fingerprint density at radius 2 is 1.68 bits per heavy atom. The number of halogens is 2. The van der Waals surface area contributed by atoms with Crippen molar-refractivity contribution in [2.75, 3.05) is 5.32 Å². The minimum atomic E-state index is -0.336. The van der Waals surface area contributed by atoms with Crippen molar-refractivity contribution >= 4 is 33.6 Å². The fourth-order valence-corrected chi connectivity index (χ4v) is 1.85. The maximum absolute atomic E-state index is 12.7. The van der Waals surface area contributed by atoms with Crippen LogP contribution < -0.4 is 5.32 Å². The third-order valence-corrected chi connectivity index (χ3v) is 3.00. The molecular weight excluding hydrogens is 309 g/mol. The molecule has 0 atom stereocenters. The zero-order chi connectivity index (χ0) is 13.7. The summed E-state index contributed by atoms with van der Waals surface area (Å²) < 4.78 is 13.1. The average Bonchev–Trinajstić information content (AvgIpc) is 2.42. The smallest absolute Gasteiger partial charge is 0.262 e. The second kappa shape index (κ2) is 6.29. The molecule has 0 saturated carbocycles. The zero-order valence-corrected chi connectivity index (χ0v) is 11.5. The van der Waals surface area contributed by atoms with E-state index in [0.717, 1.165) is 5.56 Å². The normalized spacial score (nSPS) is 11.2. The molecule has 0 unspecified atom stereocenters. The lowest BCUT2D eigenvalue weighted by molar-refractivity contribution is -0.112. The van der Waals surface area contributed by atoms with Crippen molar-refractivity contribution in [3.05, 3.63) is 70.5 Å². The molecule has 2 aromatic carbocycles. The molecule has 0 fully saturated rings. The number of hydrogen-bond donors (Lipinski definition) is 1. The molecule has 0 aliphatic heterocycles. The van der Waals surface area contributed by atoms with Crippen molar-refractivity contribution in [3.63, 3.8) is 0 Å². The Kier molecular flexibility index (Phi) is 4.47. The molecule has 4 heteroatoms. The standard InChI is InChI=1S/C15H11BrFNO/c16-14(10-11-4-2-1-3-5-11)15(19)18-13-8-6-12(17)7-9-13/h1-10H,(H,18,19)/b14-10-. The van der Waals surface area contributed by atoms with Crippen molar-refractivity contribution in [2.24, 2.45) is 0 Å². The van der Waals surface area contributed by atoms with Crippen molar-refractivity contribution in [2.45, 2.75) is 0 Å². The summed E-state index contributed by atoms with van der Waals surface area (Å²) in [5.74, 6) is -0.618. The van der Waals surface area contributed by atoms with E-state index in [0.29, 0.717) is 10.2 Å². The molecule has 0 aliphatic rings.